The van der Waals surface area contributed by atoms with E-state index in [-0.39, 0.29) is 0 Å². The van der Waals surface area contributed by atoms with E-state index in [2.05, 4.69) is 39.9 Å². The zero-order valence-electron chi connectivity index (χ0n) is 16.2. The first kappa shape index (κ1) is 20.5. The molecule has 2 rings (SSSR count). The van der Waals surface area contributed by atoms with Gasteiger partial charge in [-0.1, -0.05) is 53.5 Å². The molecule has 0 spiro atoms. The lowest BCUT2D eigenvalue weighted by molar-refractivity contribution is 0.210. The molecule has 1 aliphatic rings. The highest BCUT2D eigenvalue weighted by Crippen LogP contribution is 2.32. The molecule has 1 aromatic carbocycles. The third kappa shape index (κ3) is 6.94. The van der Waals surface area contributed by atoms with Crippen molar-refractivity contribution in [1.29, 1.82) is 0 Å². The summed E-state index contributed by atoms with van der Waals surface area (Å²) in [6.45, 7) is 13.3. The van der Waals surface area contributed by atoms with Gasteiger partial charge in [-0.3, -0.25) is 5.32 Å². The van der Waals surface area contributed by atoms with Crippen LogP contribution in [0.15, 0.2) is 18.2 Å². The molecule has 0 aromatic heterocycles. The summed E-state index contributed by atoms with van der Waals surface area (Å²) in [6, 6.07) is 5.60. The normalized spacial score (nSPS) is 20.5. The van der Waals surface area contributed by atoms with Crippen molar-refractivity contribution < 1.29 is 9.90 Å². The summed E-state index contributed by atoms with van der Waals surface area (Å²) in [4.78, 5) is 10.4. The summed E-state index contributed by atoms with van der Waals surface area (Å²) in [7, 11) is 0. The largest absolute Gasteiger partial charge is 0.465 e. The second-order valence-corrected chi connectivity index (χ2v) is 7.92. The summed E-state index contributed by atoms with van der Waals surface area (Å²) in [5.74, 6) is 3.44. The van der Waals surface area contributed by atoms with Crippen molar-refractivity contribution in [1.82, 2.24) is 0 Å². The van der Waals surface area contributed by atoms with Crippen molar-refractivity contribution in [3.05, 3.63) is 29.3 Å². The Kier molecular flexibility index (Phi) is 8.30. The fraction of sp³-hybridized carbons (Fsp3) is 0.667. The van der Waals surface area contributed by atoms with Gasteiger partial charge in [0, 0.05) is 5.69 Å². The number of anilines is 1. The summed E-state index contributed by atoms with van der Waals surface area (Å²) in [6.07, 6.45) is 4.89. The van der Waals surface area contributed by atoms with Crippen molar-refractivity contribution >= 4 is 11.8 Å². The number of rotatable bonds is 3. The maximum Gasteiger partial charge on any atom is 0.409 e. The first-order valence-corrected chi connectivity index (χ1v) is 9.31. The molecular formula is C21H35NO2. The molecule has 0 atom stereocenters. The van der Waals surface area contributed by atoms with Crippen molar-refractivity contribution in [2.24, 2.45) is 17.8 Å². The van der Waals surface area contributed by atoms with E-state index in [0.717, 1.165) is 23.3 Å². The van der Waals surface area contributed by atoms with Crippen molar-refractivity contribution in [2.75, 3.05) is 5.32 Å². The molecule has 0 heterocycles. The molecule has 1 amide bonds. The van der Waals surface area contributed by atoms with Crippen LogP contribution in [0.1, 0.15) is 77.3 Å². The van der Waals surface area contributed by atoms with E-state index in [4.69, 9.17) is 5.11 Å². The zero-order chi connectivity index (χ0) is 18.3. The van der Waals surface area contributed by atoms with Gasteiger partial charge in [-0.05, 0) is 66.7 Å². The molecule has 0 radical (unpaired) electrons. The first-order valence-electron chi connectivity index (χ1n) is 9.31. The lowest BCUT2D eigenvalue weighted by Gasteiger charge is -2.28. The van der Waals surface area contributed by atoms with Crippen LogP contribution in [0.5, 0.6) is 0 Å². The first-order chi connectivity index (χ1) is 11.2. The second kappa shape index (κ2) is 9.71. The number of benzene rings is 1. The molecule has 24 heavy (non-hydrogen) atoms. The maximum absolute atomic E-state index is 10.4. The Bertz CT molecular complexity index is 515. The van der Waals surface area contributed by atoms with E-state index >= 15 is 0 Å². The van der Waals surface area contributed by atoms with Crippen molar-refractivity contribution in [3.63, 3.8) is 0 Å². The van der Waals surface area contributed by atoms with Gasteiger partial charge >= 0.3 is 6.09 Å². The summed E-state index contributed by atoms with van der Waals surface area (Å²) in [5.41, 5.74) is 2.99. The van der Waals surface area contributed by atoms with E-state index in [9.17, 15) is 4.79 Å². The topological polar surface area (TPSA) is 49.3 Å². The summed E-state index contributed by atoms with van der Waals surface area (Å²) >= 11 is 0. The Morgan fingerprint density at radius 3 is 2.12 bits per heavy atom. The molecule has 2 N–H and O–H groups in total. The van der Waals surface area contributed by atoms with Crippen LogP contribution in [0.25, 0.3) is 0 Å². The van der Waals surface area contributed by atoms with E-state index in [1.165, 1.54) is 31.2 Å². The van der Waals surface area contributed by atoms with Gasteiger partial charge in [0.2, 0.25) is 0 Å². The predicted octanol–water partition coefficient (Wildman–Crippen LogP) is 6.68. The van der Waals surface area contributed by atoms with Gasteiger partial charge in [-0.2, -0.15) is 0 Å². The van der Waals surface area contributed by atoms with Crippen LogP contribution in [-0.2, 0) is 0 Å². The van der Waals surface area contributed by atoms with Crippen LogP contribution in [0.2, 0.25) is 0 Å². The number of hydrogen-bond acceptors (Lipinski definition) is 1. The molecule has 136 valence electrons. The number of hydrogen-bond donors (Lipinski definition) is 2. The third-order valence-electron chi connectivity index (χ3n) is 5.15. The molecule has 0 unspecified atom stereocenters. The van der Waals surface area contributed by atoms with Gasteiger partial charge in [-0.25, -0.2) is 4.79 Å². The molecule has 1 aliphatic carbocycles. The van der Waals surface area contributed by atoms with Gasteiger partial charge in [0.05, 0.1) is 0 Å². The van der Waals surface area contributed by atoms with Crippen molar-refractivity contribution in [3.8, 4) is 0 Å². The number of nitrogens with one attached hydrogen (secondary N) is 1. The van der Waals surface area contributed by atoms with E-state index in [1.54, 1.807) is 6.07 Å². The molecule has 0 bridgehead atoms. The van der Waals surface area contributed by atoms with E-state index < -0.39 is 6.09 Å². The van der Waals surface area contributed by atoms with Gasteiger partial charge < -0.3 is 5.11 Å². The van der Waals surface area contributed by atoms with Crippen LogP contribution >= 0.6 is 0 Å². The molecular weight excluding hydrogens is 298 g/mol. The van der Waals surface area contributed by atoms with E-state index in [0.29, 0.717) is 11.6 Å². The standard InChI is InChI=1S/C11H15NO2.C10H20/c1-7(2)10-5-4-9(6-8(10)3)12-11(13)14;1-8(2)10-6-4-9(3)5-7-10/h4-7,12H,1-3H3,(H,13,14);8-10H,4-7H2,1-3H3. The summed E-state index contributed by atoms with van der Waals surface area (Å²) < 4.78 is 0. The smallest absolute Gasteiger partial charge is 0.409 e. The fourth-order valence-electron chi connectivity index (χ4n) is 3.48. The quantitative estimate of drug-likeness (QED) is 0.648. The zero-order valence-corrected chi connectivity index (χ0v) is 16.2. The number of amides is 1. The highest BCUT2D eigenvalue weighted by atomic mass is 16.4. The molecule has 3 nitrogen and oxygen atoms in total. The van der Waals surface area contributed by atoms with Gasteiger partial charge in [0.25, 0.3) is 0 Å². The van der Waals surface area contributed by atoms with Crippen molar-refractivity contribution in [2.45, 2.75) is 73.1 Å². The lowest BCUT2D eigenvalue weighted by atomic mass is 9.78. The molecule has 1 aromatic rings. The minimum Gasteiger partial charge on any atom is -0.465 e. The average molecular weight is 334 g/mol. The Balaban J connectivity index is 0.000000254. The molecule has 3 heteroatoms. The number of carbonyl (C=O) groups is 1. The van der Waals surface area contributed by atoms with Gasteiger partial charge in [0.15, 0.2) is 0 Å². The molecule has 0 saturated heterocycles. The minimum absolute atomic E-state index is 0.467. The van der Waals surface area contributed by atoms with Crippen LogP contribution < -0.4 is 5.32 Å². The van der Waals surface area contributed by atoms with Gasteiger partial charge in [0.1, 0.15) is 0 Å². The third-order valence-corrected chi connectivity index (χ3v) is 5.15. The number of aryl methyl sites for hydroxylation is 1. The Hall–Kier alpha value is -1.51. The molecule has 0 aliphatic heterocycles. The highest BCUT2D eigenvalue weighted by Gasteiger charge is 2.20. The Labute approximate surface area is 147 Å². The summed E-state index contributed by atoms with van der Waals surface area (Å²) in [5, 5.41) is 10.9. The lowest BCUT2D eigenvalue weighted by Crippen LogP contribution is -2.16. The van der Waals surface area contributed by atoms with Gasteiger partial charge in [-0.15, -0.1) is 0 Å². The average Bonchev–Trinajstić information content (AvgIpc) is 2.47. The molecule has 1 fully saturated rings. The minimum atomic E-state index is -1.03. The van der Waals surface area contributed by atoms with Crippen LogP contribution in [0.3, 0.4) is 0 Å². The van der Waals surface area contributed by atoms with Crippen LogP contribution in [-0.4, -0.2) is 11.2 Å². The highest BCUT2D eigenvalue weighted by molar-refractivity contribution is 5.83. The van der Waals surface area contributed by atoms with E-state index in [1.807, 2.05) is 19.1 Å². The fourth-order valence-corrected chi connectivity index (χ4v) is 3.48. The van der Waals surface area contributed by atoms with Crippen LogP contribution in [0, 0.1) is 24.7 Å². The number of carboxylic acid groups (broad SMARTS) is 1. The SMILES string of the molecule is CC1CCC(C(C)C)CC1.Cc1cc(NC(=O)O)ccc1C(C)C. The Morgan fingerprint density at radius 2 is 1.71 bits per heavy atom. The monoisotopic (exact) mass is 333 g/mol. The molecule has 1 saturated carbocycles. The predicted molar refractivity (Wildman–Crippen MR) is 103 cm³/mol. The Morgan fingerprint density at radius 1 is 1.12 bits per heavy atom. The van der Waals surface area contributed by atoms with Crippen LogP contribution in [0.4, 0.5) is 10.5 Å². The second-order valence-electron chi connectivity index (χ2n) is 7.92. The maximum atomic E-state index is 10.4.